The number of likely N-dealkylation sites (tertiary alicyclic amines) is 2. The van der Waals surface area contributed by atoms with Crippen LogP contribution in [0.5, 0.6) is 0 Å². The number of carbonyl (C=O) groups excluding carboxylic acids is 1. The van der Waals surface area contributed by atoms with Crippen LogP contribution >= 0.6 is 0 Å². The normalized spacial score (nSPS) is 19.9. The van der Waals surface area contributed by atoms with Crippen LogP contribution in [0.15, 0.2) is 0 Å². The fourth-order valence-corrected chi connectivity index (χ4v) is 3.84. The minimum Gasteiger partial charge on any atom is -0.480 e. The summed E-state index contributed by atoms with van der Waals surface area (Å²) in [5.74, 6) is 0.906. The van der Waals surface area contributed by atoms with Crippen LogP contribution in [0.2, 0.25) is 0 Å². The molecule has 2 aliphatic heterocycles. The summed E-state index contributed by atoms with van der Waals surface area (Å²) in [6, 6.07) is 0.0333. The molecule has 1 atom stereocenters. The standard InChI is InChI=1S/C14H28N2O.C9H17NO2/c1-7-15(8-2)11(3)13(17)16-9-12(10-16)14(4,5)6;1-9(2,3)7-4-10(5-7)6-8(11)12/h11-12H,7-10H2,1-6H3;7H,4-6H2,1-3H3,(H,11,12)/t11-;/m1./s1. The second-order valence-corrected chi connectivity index (χ2v) is 10.9. The zero-order valence-electron chi connectivity index (χ0n) is 20.3. The second-order valence-electron chi connectivity index (χ2n) is 10.9. The quantitative estimate of drug-likeness (QED) is 0.727. The SMILES string of the molecule is CC(C)(C)C1CN(CC(=O)O)C1.CCN(CC)[C@H](C)C(=O)N1CC(C(C)(C)C)C1. The zero-order valence-corrected chi connectivity index (χ0v) is 20.3. The summed E-state index contributed by atoms with van der Waals surface area (Å²) in [7, 11) is 0. The molecule has 2 heterocycles. The molecular weight excluding hydrogens is 366 g/mol. The van der Waals surface area contributed by atoms with Gasteiger partial charge in [0.2, 0.25) is 5.91 Å². The van der Waals surface area contributed by atoms with E-state index >= 15 is 0 Å². The molecule has 29 heavy (non-hydrogen) atoms. The van der Waals surface area contributed by atoms with Crippen LogP contribution in [-0.4, -0.2) is 83.5 Å². The van der Waals surface area contributed by atoms with E-state index in [4.69, 9.17) is 5.11 Å². The maximum atomic E-state index is 12.2. The molecule has 6 heteroatoms. The molecule has 0 unspecified atom stereocenters. The molecule has 170 valence electrons. The third kappa shape index (κ3) is 7.56. The van der Waals surface area contributed by atoms with Crippen molar-refractivity contribution >= 4 is 11.9 Å². The number of carboxylic acids is 1. The van der Waals surface area contributed by atoms with Gasteiger partial charge in [-0.3, -0.25) is 19.4 Å². The summed E-state index contributed by atoms with van der Waals surface area (Å²) in [6.07, 6.45) is 0. The van der Waals surface area contributed by atoms with Gasteiger partial charge >= 0.3 is 5.97 Å². The number of hydrogen-bond donors (Lipinski definition) is 1. The predicted molar refractivity (Wildman–Crippen MR) is 119 cm³/mol. The fourth-order valence-electron chi connectivity index (χ4n) is 3.84. The maximum Gasteiger partial charge on any atom is 0.317 e. The van der Waals surface area contributed by atoms with Crippen molar-refractivity contribution in [2.45, 2.75) is 68.4 Å². The van der Waals surface area contributed by atoms with Gasteiger partial charge in [0.25, 0.3) is 0 Å². The molecule has 1 N–H and O–H groups in total. The highest BCUT2D eigenvalue weighted by molar-refractivity contribution is 5.82. The van der Waals surface area contributed by atoms with Gasteiger partial charge in [-0.1, -0.05) is 55.4 Å². The Balaban J connectivity index is 0.000000308. The summed E-state index contributed by atoms with van der Waals surface area (Å²) >= 11 is 0. The Morgan fingerprint density at radius 1 is 0.931 bits per heavy atom. The summed E-state index contributed by atoms with van der Waals surface area (Å²) in [5, 5.41) is 8.50. The molecule has 0 saturated carbocycles. The third-order valence-corrected chi connectivity index (χ3v) is 6.68. The highest BCUT2D eigenvalue weighted by Gasteiger charge is 2.40. The summed E-state index contributed by atoms with van der Waals surface area (Å²) in [4.78, 5) is 28.8. The molecular formula is C23H45N3O3. The predicted octanol–water partition coefficient (Wildman–Crippen LogP) is 3.27. The van der Waals surface area contributed by atoms with Crippen molar-refractivity contribution < 1.29 is 14.7 Å². The Hall–Kier alpha value is -1.14. The van der Waals surface area contributed by atoms with Crippen LogP contribution in [-0.2, 0) is 9.59 Å². The van der Waals surface area contributed by atoms with Gasteiger partial charge in [0, 0.05) is 26.2 Å². The van der Waals surface area contributed by atoms with Gasteiger partial charge in [-0.25, -0.2) is 0 Å². The Bertz CT molecular complexity index is 535. The molecule has 0 bridgehead atoms. The molecule has 0 aromatic heterocycles. The van der Waals surface area contributed by atoms with E-state index in [0.717, 1.165) is 39.3 Å². The number of likely N-dealkylation sites (N-methyl/N-ethyl adjacent to an activating group) is 1. The van der Waals surface area contributed by atoms with Crippen molar-refractivity contribution in [1.29, 1.82) is 0 Å². The van der Waals surface area contributed by atoms with Gasteiger partial charge in [0.1, 0.15) is 0 Å². The van der Waals surface area contributed by atoms with Gasteiger partial charge in [0.05, 0.1) is 12.6 Å². The lowest BCUT2D eigenvalue weighted by molar-refractivity contribution is -0.145. The summed E-state index contributed by atoms with van der Waals surface area (Å²) < 4.78 is 0. The number of hydrogen-bond acceptors (Lipinski definition) is 4. The molecule has 0 aliphatic carbocycles. The Kier molecular flexibility index (Phi) is 9.15. The first-order chi connectivity index (χ1) is 13.2. The Labute approximate surface area is 178 Å². The fraction of sp³-hybridized carbons (Fsp3) is 0.913. The largest absolute Gasteiger partial charge is 0.480 e. The molecule has 0 radical (unpaired) electrons. The van der Waals surface area contributed by atoms with E-state index < -0.39 is 5.97 Å². The number of carboxylic acid groups (broad SMARTS) is 1. The minimum atomic E-state index is -0.720. The molecule has 0 spiro atoms. The van der Waals surface area contributed by atoms with Gasteiger partial charge < -0.3 is 10.0 Å². The van der Waals surface area contributed by atoms with Crippen LogP contribution in [0.3, 0.4) is 0 Å². The van der Waals surface area contributed by atoms with Gasteiger partial charge in [0.15, 0.2) is 0 Å². The topological polar surface area (TPSA) is 64.1 Å². The van der Waals surface area contributed by atoms with Crippen LogP contribution in [0.4, 0.5) is 0 Å². The minimum absolute atomic E-state index is 0.0333. The molecule has 2 saturated heterocycles. The lowest BCUT2D eigenvalue weighted by atomic mass is 9.76. The molecule has 0 aromatic carbocycles. The lowest BCUT2D eigenvalue weighted by Gasteiger charge is -2.47. The summed E-state index contributed by atoms with van der Waals surface area (Å²) in [5.41, 5.74) is 0.657. The smallest absolute Gasteiger partial charge is 0.317 e. The first kappa shape index (κ1) is 25.9. The van der Waals surface area contributed by atoms with E-state index in [9.17, 15) is 9.59 Å². The number of rotatable bonds is 6. The number of aliphatic carboxylic acids is 1. The molecule has 6 nitrogen and oxygen atoms in total. The Morgan fingerprint density at radius 3 is 1.69 bits per heavy atom. The molecule has 2 rings (SSSR count). The van der Waals surface area contributed by atoms with Gasteiger partial charge in [-0.05, 0) is 42.7 Å². The highest BCUT2D eigenvalue weighted by Crippen LogP contribution is 2.34. The van der Waals surface area contributed by atoms with Crippen molar-refractivity contribution in [3.63, 3.8) is 0 Å². The van der Waals surface area contributed by atoms with Crippen LogP contribution in [0.25, 0.3) is 0 Å². The average Bonchev–Trinajstić information content (AvgIpc) is 2.47. The van der Waals surface area contributed by atoms with E-state index in [1.165, 1.54) is 0 Å². The van der Waals surface area contributed by atoms with E-state index in [-0.39, 0.29) is 12.6 Å². The van der Waals surface area contributed by atoms with E-state index in [1.807, 2.05) is 16.7 Å². The van der Waals surface area contributed by atoms with E-state index in [1.54, 1.807) is 0 Å². The molecule has 1 amide bonds. The molecule has 2 aliphatic rings. The van der Waals surface area contributed by atoms with Crippen molar-refractivity contribution in [1.82, 2.24) is 14.7 Å². The molecule has 2 fully saturated rings. The number of nitrogens with zero attached hydrogens (tertiary/aromatic N) is 3. The lowest BCUT2D eigenvalue weighted by Crippen LogP contribution is -2.59. The third-order valence-electron chi connectivity index (χ3n) is 6.68. The van der Waals surface area contributed by atoms with Crippen molar-refractivity contribution in [3.8, 4) is 0 Å². The van der Waals surface area contributed by atoms with Gasteiger partial charge in [-0.2, -0.15) is 0 Å². The van der Waals surface area contributed by atoms with Crippen LogP contribution < -0.4 is 0 Å². The van der Waals surface area contributed by atoms with Crippen molar-refractivity contribution in [3.05, 3.63) is 0 Å². The monoisotopic (exact) mass is 411 g/mol. The zero-order chi connectivity index (χ0) is 22.6. The van der Waals surface area contributed by atoms with Crippen molar-refractivity contribution in [2.75, 3.05) is 45.8 Å². The average molecular weight is 412 g/mol. The summed E-state index contributed by atoms with van der Waals surface area (Å²) in [6.45, 7) is 25.5. The van der Waals surface area contributed by atoms with E-state index in [2.05, 4.69) is 60.3 Å². The Morgan fingerprint density at radius 2 is 1.34 bits per heavy atom. The highest BCUT2D eigenvalue weighted by atomic mass is 16.4. The first-order valence-corrected chi connectivity index (χ1v) is 11.2. The van der Waals surface area contributed by atoms with Gasteiger partial charge in [-0.15, -0.1) is 0 Å². The van der Waals surface area contributed by atoms with Crippen LogP contribution in [0, 0.1) is 22.7 Å². The maximum absolute atomic E-state index is 12.2. The number of amides is 1. The second kappa shape index (κ2) is 10.3. The molecule has 0 aromatic rings. The van der Waals surface area contributed by atoms with Crippen LogP contribution in [0.1, 0.15) is 62.3 Å². The first-order valence-electron chi connectivity index (χ1n) is 11.2. The van der Waals surface area contributed by atoms with Crippen molar-refractivity contribution in [2.24, 2.45) is 22.7 Å². The van der Waals surface area contributed by atoms with E-state index in [0.29, 0.717) is 28.6 Å². The number of carbonyl (C=O) groups is 2.